The molecule has 0 aliphatic carbocycles. The Morgan fingerprint density at radius 1 is 0.408 bits per heavy atom. The van der Waals surface area contributed by atoms with Crippen molar-refractivity contribution in [2.45, 2.75) is 128 Å². The van der Waals surface area contributed by atoms with Crippen molar-refractivity contribution in [3.05, 3.63) is 229 Å². The number of hydrogen-bond donors (Lipinski definition) is 9. The number of benzene rings is 6. The van der Waals surface area contributed by atoms with E-state index in [9.17, 15) is 51.5 Å². The minimum Gasteiger partial charge on any atom is -0.395 e. The number of primary amides is 3. The zero-order valence-electron chi connectivity index (χ0n) is 54.9. The van der Waals surface area contributed by atoms with Gasteiger partial charge in [0, 0.05) is 50.2 Å². The minimum absolute atomic E-state index is 0. The van der Waals surface area contributed by atoms with E-state index in [2.05, 4.69) is 41.9 Å². The lowest BCUT2D eigenvalue weighted by molar-refractivity contribution is -0.115. The fourth-order valence-electron chi connectivity index (χ4n) is 10.0. The average Bonchev–Trinajstić information content (AvgIpc) is 2.57. The standard InChI is InChI=1S/2C24H26FN5O3.C22H24FN5O2.2CH4/c2*1-13(2)20-21(28-15(4)31)22(23(26)32)30(29-20)18-9-6-16(7-10-18)12-27-24(33)19-11-17(25)8-5-14(19)3;1-12(2)19-18(24)20(21(25)29)28(27-19)16-8-5-14(6-9-16)11-26-22(30)17-10-15(23)7-4-13(17)3;;/h2*5-11,13H,12H2,1-4H3,(H2,26,32)(H,27,33)(H,28,31);4-10,12H,11,24H2,1-3H3,(H2,25,29)(H,26,30);2*1H4. The number of aromatic nitrogens is 6. The van der Waals surface area contributed by atoms with Crippen LogP contribution in [0.25, 0.3) is 17.1 Å². The summed E-state index contributed by atoms with van der Waals surface area (Å²) in [6.07, 6.45) is 0. The van der Waals surface area contributed by atoms with Crippen LogP contribution in [0.4, 0.5) is 30.2 Å². The highest BCUT2D eigenvalue weighted by atomic mass is 19.1. The maximum atomic E-state index is 13.5. The predicted octanol–water partition coefficient (Wildman–Crippen LogP) is 11.2. The van der Waals surface area contributed by atoms with Crippen molar-refractivity contribution in [3.8, 4) is 17.1 Å². The van der Waals surface area contributed by atoms with E-state index in [1.165, 1.54) is 64.3 Å². The monoisotopic (exact) mass is 1340 g/mol. The molecule has 0 unspecified atom stereocenters. The summed E-state index contributed by atoms with van der Waals surface area (Å²) in [6, 6.07) is 33.4. The second-order valence-corrected chi connectivity index (χ2v) is 23.4. The molecular formula is C72H84F3N15O8. The van der Waals surface area contributed by atoms with Crippen molar-refractivity contribution in [3.63, 3.8) is 0 Å². The first-order valence-electron chi connectivity index (χ1n) is 30.3. The van der Waals surface area contributed by atoms with Gasteiger partial charge in [0.05, 0.1) is 51.2 Å². The molecule has 3 aromatic heterocycles. The molecule has 9 aromatic rings. The highest BCUT2D eigenvalue weighted by Crippen LogP contribution is 2.32. The Hall–Kier alpha value is -11.7. The van der Waals surface area contributed by atoms with Crippen LogP contribution >= 0.6 is 0 Å². The predicted molar refractivity (Wildman–Crippen MR) is 372 cm³/mol. The number of nitrogens with one attached hydrogen (secondary N) is 5. The molecule has 0 atom stereocenters. The molecule has 98 heavy (non-hydrogen) atoms. The van der Waals surface area contributed by atoms with Gasteiger partial charge in [-0.3, -0.25) is 38.4 Å². The van der Waals surface area contributed by atoms with Gasteiger partial charge in [-0.05, 0) is 145 Å². The van der Waals surface area contributed by atoms with Crippen LogP contribution in [0.1, 0.15) is 201 Å². The summed E-state index contributed by atoms with van der Waals surface area (Å²) in [6.45, 7) is 20.1. The van der Waals surface area contributed by atoms with E-state index in [4.69, 9.17) is 22.9 Å². The lowest BCUT2D eigenvalue weighted by Gasteiger charge is -2.10. The molecule has 0 radical (unpaired) electrons. The van der Waals surface area contributed by atoms with E-state index in [-0.39, 0.29) is 116 Å². The topological polar surface area (TPSA) is 354 Å². The zero-order valence-corrected chi connectivity index (χ0v) is 54.9. The largest absolute Gasteiger partial charge is 0.395 e. The molecule has 23 nitrogen and oxygen atoms in total. The summed E-state index contributed by atoms with van der Waals surface area (Å²) in [7, 11) is 0. The van der Waals surface area contributed by atoms with Gasteiger partial charge in [-0.1, -0.05) is 111 Å². The van der Waals surface area contributed by atoms with Gasteiger partial charge < -0.3 is 49.5 Å². The first kappa shape index (κ1) is 77.0. The number of anilines is 3. The molecule has 0 bridgehead atoms. The van der Waals surface area contributed by atoms with Crippen LogP contribution < -0.4 is 49.5 Å². The van der Waals surface area contributed by atoms with E-state index >= 15 is 0 Å². The molecule has 0 aliphatic rings. The van der Waals surface area contributed by atoms with E-state index in [0.717, 1.165) is 16.7 Å². The molecule has 0 spiro atoms. The Morgan fingerprint density at radius 2 is 0.663 bits per heavy atom. The van der Waals surface area contributed by atoms with Crippen molar-refractivity contribution in [2.75, 3.05) is 16.4 Å². The van der Waals surface area contributed by atoms with Crippen LogP contribution in [0.5, 0.6) is 0 Å². The highest BCUT2D eigenvalue weighted by Gasteiger charge is 2.28. The van der Waals surface area contributed by atoms with Crippen LogP contribution in [-0.4, -0.2) is 76.6 Å². The van der Waals surface area contributed by atoms with Gasteiger partial charge in [-0.15, -0.1) is 0 Å². The first-order chi connectivity index (χ1) is 45.3. The van der Waals surface area contributed by atoms with E-state index in [1.807, 2.05) is 41.5 Å². The normalized spacial score (nSPS) is 10.7. The van der Waals surface area contributed by atoms with Crippen molar-refractivity contribution in [1.29, 1.82) is 0 Å². The van der Waals surface area contributed by atoms with Crippen molar-refractivity contribution in [1.82, 2.24) is 45.3 Å². The summed E-state index contributed by atoms with van der Waals surface area (Å²) in [5.74, 6) is -5.37. The number of nitrogen functional groups attached to an aromatic ring is 1. The SMILES string of the molecule is C.C.CC(=O)Nc1c(C(C)C)nn(-c2ccc(CNC(=O)c3cc(F)ccc3C)cc2)c1C(N)=O.CC(=O)Nc1c(C(C)C)nn(-c2ccc(CNC(=O)c3cc(F)ccc3C)cc2)c1C(N)=O.Cc1ccc(F)cc1C(=O)NCc1ccc(-n2nc(C(C)C)c(N)c2C(N)=O)cc1. The maximum Gasteiger partial charge on any atom is 0.269 e. The van der Waals surface area contributed by atoms with E-state index in [1.54, 1.807) is 112 Å². The van der Waals surface area contributed by atoms with Crippen LogP contribution in [0, 0.1) is 38.2 Å². The fraction of sp³-hybridized carbons (Fsp3) is 0.264. The Labute approximate surface area is 566 Å². The van der Waals surface area contributed by atoms with Gasteiger partial charge in [-0.25, -0.2) is 27.2 Å². The maximum absolute atomic E-state index is 13.5. The molecule has 0 fully saturated rings. The van der Waals surface area contributed by atoms with Crippen LogP contribution in [0.2, 0.25) is 0 Å². The Kier molecular flexibility index (Phi) is 26.4. The number of amides is 8. The lowest BCUT2D eigenvalue weighted by atomic mass is 10.1. The second kappa shape index (κ2) is 33.6. The van der Waals surface area contributed by atoms with E-state index in [0.29, 0.717) is 67.8 Å². The smallest absolute Gasteiger partial charge is 0.269 e. The molecule has 8 amide bonds. The molecule has 6 aromatic carbocycles. The minimum atomic E-state index is -0.722. The fourth-order valence-corrected chi connectivity index (χ4v) is 10.0. The molecular weight excluding hydrogens is 1260 g/mol. The van der Waals surface area contributed by atoms with Crippen molar-refractivity contribution >= 4 is 64.3 Å². The summed E-state index contributed by atoms with van der Waals surface area (Å²) < 4.78 is 44.6. The van der Waals surface area contributed by atoms with Crippen LogP contribution in [0.3, 0.4) is 0 Å². The third kappa shape index (κ3) is 18.8. The van der Waals surface area contributed by atoms with Gasteiger partial charge in [0.1, 0.15) is 17.5 Å². The third-order valence-electron chi connectivity index (χ3n) is 15.0. The van der Waals surface area contributed by atoms with Crippen molar-refractivity contribution in [2.24, 2.45) is 17.2 Å². The van der Waals surface area contributed by atoms with E-state index < -0.39 is 35.2 Å². The van der Waals surface area contributed by atoms with Gasteiger partial charge in [0.2, 0.25) is 11.8 Å². The molecule has 26 heteroatoms. The van der Waals surface area contributed by atoms with Crippen molar-refractivity contribution < 1.29 is 51.5 Å². The number of carbonyl (C=O) groups is 8. The molecule has 3 heterocycles. The first-order valence-corrected chi connectivity index (χ1v) is 30.3. The number of hydrogen-bond acceptors (Lipinski definition) is 12. The molecule has 516 valence electrons. The highest BCUT2D eigenvalue weighted by molar-refractivity contribution is 6.04. The van der Waals surface area contributed by atoms with Gasteiger partial charge >= 0.3 is 0 Å². The number of rotatable bonds is 20. The Morgan fingerprint density at radius 3 is 0.908 bits per heavy atom. The average molecular weight is 1340 g/mol. The Bertz CT molecular complexity index is 4230. The summed E-state index contributed by atoms with van der Waals surface area (Å²) in [5, 5.41) is 27.1. The number of nitrogens with two attached hydrogens (primary N) is 4. The second-order valence-electron chi connectivity index (χ2n) is 23.4. The molecule has 0 aliphatic heterocycles. The quantitative estimate of drug-likeness (QED) is 0.0344. The number of halogens is 3. The molecule has 0 saturated heterocycles. The molecule has 13 N–H and O–H groups in total. The lowest BCUT2D eigenvalue weighted by Crippen LogP contribution is -2.23. The number of nitrogens with zero attached hydrogens (tertiary/aromatic N) is 6. The zero-order chi connectivity index (χ0) is 70.6. The summed E-state index contributed by atoms with van der Waals surface area (Å²) in [4.78, 5) is 96.8. The third-order valence-corrected chi connectivity index (χ3v) is 15.0. The van der Waals surface area contributed by atoms with Crippen LogP contribution in [-0.2, 0) is 29.2 Å². The summed E-state index contributed by atoms with van der Waals surface area (Å²) >= 11 is 0. The van der Waals surface area contributed by atoms with Gasteiger partial charge in [0.25, 0.3) is 35.4 Å². The van der Waals surface area contributed by atoms with Crippen LogP contribution in [0.15, 0.2) is 127 Å². The molecule has 0 saturated carbocycles. The van der Waals surface area contributed by atoms with Gasteiger partial charge in [-0.2, -0.15) is 15.3 Å². The molecule has 9 rings (SSSR count). The number of carbonyl (C=O) groups excluding carboxylic acids is 8. The van der Waals surface area contributed by atoms with Gasteiger partial charge in [0.15, 0.2) is 17.1 Å². The Balaban J connectivity index is 0.000000263. The summed E-state index contributed by atoms with van der Waals surface area (Å²) in [5.41, 5.74) is 32.7. The number of aryl methyl sites for hydroxylation is 3.